The molecular weight excluding hydrogens is 376 g/mol. The number of fused-ring (bicyclic) bond motifs is 2. The first-order valence-electron chi connectivity index (χ1n) is 10.6. The van der Waals surface area contributed by atoms with Crippen molar-refractivity contribution in [2.45, 2.75) is 13.0 Å². The highest BCUT2D eigenvalue weighted by molar-refractivity contribution is 5.87. The molecule has 2 saturated heterocycles. The van der Waals surface area contributed by atoms with Gasteiger partial charge in [-0.1, -0.05) is 24.3 Å². The molecule has 0 aliphatic carbocycles. The van der Waals surface area contributed by atoms with Crippen LogP contribution in [0.25, 0.3) is 11.0 Å². The second kappa shape index (κ2) is 7.40. The number of aromatic nitrogens is 3. The van der Waals surface area contributed by atoms with Crippen molar-refractivity contribution in [1.82, 2.24) is 24.8 Å². The summed E-state index contributed by atoms with van der Waals surface area (Å²) in [6.07, 6.45) is 3.55. The number of amides is 1. The maximum atomic E-state index is 13.1. The molecular formula is C23H28N6O. The van der Waals surface area contributed by atoms with Crippen molar-refractivity contribution in [3.63, 3.8) is 0 Å². The Morgan fingerprint density at radius 2 is 2.00 bits per heavy atom. The van der Waals surface area contributed by atoms with Gasteiger partial charge in [0.1, 0.15) is 17.8 Å². The first-order chi connectivity index (χ1) is 14.5. The predicted octanol–water partition coefficient (Wildman–Crippen LogP) is 2.46. The van der Waals surface area contributed by atoms with Crippen LogP contribution in [0.4, 0.5) is 5.82 Å². The van der Waals surface area contributed by atoms with E-state index in [0.717, 1.165) is 36.5 Å². The van der Waals surface area contributed by atoms with E-state index in [9.17, 15) is 4.79 Å². The van der Waals surface area contributed by atoms with E-state index >= 15 is 0 Å². The fourth-order valence-corrected chi connectivity index (χ4v) is 5.26. The Morgan fingerprint density at radius 1 is 1.17 bits per heavy atom. The molecule has 0 unspecified atom stereocenters. The van der Waals surface area contributed by atoms with E-state index in [4.69, 9.17) is 0 Å². The van der Waals surface area contributed by atoms with Crippen LogP contribution in [0.2, 0.25) is 0 Å². The van der Waals surface area contributed by atoms with E-state index < -0.39 is 0 Å². The summed E-state index contributed by atoms with van der Waals surface area (Å²) in [7, 11) is 3.91. The van der Waals surface area contributed by atoms with Crippen molar-refractivity contribution in [2.75, 3.05) is 45.2 Å². The molecule has 1 amide bonds. The Labute approximate surface area is 176 Å². The fraction of sp³-hybridized carbons (Fsp3) is 0.435. The largest absolute Gasteiger partial charge is 0.355 e. The summed E-state index contributed by atoms with van der Waals surface area (Å²) < 4.78 is 0. The summed E-state index contributed by atoms with van der Waals surface area (Å²) in [5.41, 5.74) is 3.39. The maximum Gasteiger partial charge on any atom is 0.237 e. The van der Waals surface area contributed by atoms with E-state index in [2.05, 4.69) is 55.9 Å². The minimum atomic E-state index is 0.109. The number of carbonyl (C=O) groups is 1. The van der Waals surface area contributed by atoms with Gasteiger partial charge in [0, 0.05) is 37.7 Å². The number of nitrogens with one attached hydrogen (secondary N) is 1. The lowest BCUT2D eigenvalue weighted by Crippen LogP contribution is -2.40. The molecule has 3 aromatic rings. The highest BCUT2D eigenvalue weighted by atomic mass is 16.2. The minimum Gasteiger partial charge on any atom is -0.355 e. The van der Waals surface area contributed by atoms with Gasteiger partial charge in [-0.25, -0.2) is 9.97 Å². The standard InChI is InChI=1S/C23H28N6O/c1-15-6-4-5-7-17(15)21-19-12-28(23-18-8-9-24-22(18)25-14-26-23)10-16(19)11-29(21)20(30)13-27(2)3/h4-9,14,16,19,21H,10-13H2,1-3H3,(H,24,25,26)/t16-,19-,21+/m1/s1. The van der Waals surface area contributed by atoms with E-state index in [-0.39, 0.29) is 11.9 Å². The monoisotopic (exact) mass is 404 g/mol. The van der Waals surface area contributed by atoms with Gasteiger partial charge in [0.15, 0.2) is 0 Å². The average molecular weight is 405 g/mol. The van der Waals surface area contributed by atoms with Gasteiger partial charge in [-0.2, -0.15) is 0 Å². The third-order valence-electron chi connectivity index (χ3n) is 6.58. The van der Waals surface area contributed by atoms with Gasteiger partial charge in [0.05, 0.1) is 18.0 Å². The molecule has 2 aliphatic heterocycles. The molecule has 0 spiro atoms. The van der Waals surface area contributed by atoms with Crippen LogP contribution in [0.15, 0.2) is 42.9 Å². The number of likely N-dealkylation sites (tertiary alicyclic amines) is 1. The molecule has 2 fully saturated rings. The molecule has 4 heterocycles. The summed E-state index contributed by atoms with van der Waals surface area (Å²) in [5, 5.41) is 1.06. The summed E-state index contributed by atoms with van der Waals surface area (Å²) in [6.45, 7) is 5.20. The topological polar surface area (TPSA) is 68.4 Å². The number of H-pyrrole nitrogens is 1. The Balaban J connectivity index is 1.48. The highest BCUT2D eigenvalue weighted by Crippen LogP contribution is 2.47. The first-order valence-corrected chi connectivity index (χ1v) is 10.6. The van der Waals surface area contributed by atoms with Crippen LogP contribution >= 0.6 is 0 Å². The van der Waals surface area contributed by atoms with Crippen molar-refractivity contribution >= 4 is 22.8 Å². The first kappa shape index (κ1) is 19.1. The third-order valence-corrected chi connectivity index (χ3v) is 6.58. The molecule has 0 bridgehead atoms. The van der Waals surface area contributed by atoms with Crippen molar-refractivity contribution in [3.8, 4) is 0 Å². The Bertz CT molecular complexity index is 1080. The van der Waals surface area contributed by atoms with Gasteiger partial charge in [0.2, 0.25) is 5.91 Å². The molecule has 0 radical (unpaired) electrons. The van der Waals surface area contributed by atoms with Crippen LogP contribution in [0, 0.1) is 18.8 Å². The van der Waals surface area contributed by atoms with Crippen molar-refractivity contribution < 1.29 is 4.79 Å². The van der Waals surface area contributed by atoms with E-state index in [1.165, 1.54) is 11.1 Å². The summed E-state index contributed by atoms with van der Waals surface area (Å²) in [6, 6.07) is 10.7. The molecule has 5 rings (SSSR count). The zero-order chi connectivity index (χ0) is 20.8. The van der Waals surface area contributed by atoms with Gasteiger partial charge in [-0.05, 0) is 38.2 Å². The lowest BCUT2D eigenvalue weighted by atomic mass is 9.87. The number of nitrogens with zero attached hydrogens (tertiary/aromatic N) is 5. The van der Waals surface area contributed by atoms with Gasteiger partial charge in [0.25, 0.3) is 0 Å². The van der Waals surface area contributed by atoms with Crippen LogP contribution in [0.5, 0.6) is 0 Å². The fourth-order valence-electron chi connectivity index (χ4n) is 5.26. The molecule has 156 valence electrons. The summed E-state index contributed by atoms with van der Waals surface area (Å²) in [4.78, 5) is 31.7. The molecule has 0 saturated carbocycles. The summed E-state index contributed by atoms with van der Waals surface area (Å²) >= 11 is 0. The number of anilines is 1. The van der Waals surface area contributed by atoms with E-state index in [0.29, 0.717) is 18.4 Å². The zero-order valence-corrected chi connectivity index (χ0v) is 17.7. The van der Waals surface area contributed by atoms with Crippen LogP contribution < -0.4 is 4.90 Å². The minimum absolute atomic E-state index is 0.109. The van der Waals surface area contributed by atoms with Crippen molar-refractivity contribution in [1.29, 1.82) is 0 Å². The number of carbonyl (C=O) groups excluding carboxylic acids is 1. The number of rotatable bonds is 4. The van der Waals surface area contributed by atoms with Crippen LogP contribution in [0.1, 0.15) is 17.2 Å². The van der Waals surface area contributed by atoms with E-state index in [1.54, 1.807) is 6.33 Å². The zero-order valence-electron chi connectivity index (χ0n) is 17.7. The number of hydrogen-bond acceptors (Lipinski definition) is 5. The number of benzene rings is 1. The second-order valence-electron chi connectivity index (χ2n) is 8.85. The Morgan fingerprint density at radius 3 is 2.80 bits per heavy atom. The van der Waals surface area contributed by atoms with Crippen LogP contribution in [-0.4, -0.2) is 70.9 Å². The van der Waals surface area contributed by atoms with Crippen molar-refractivity contribution in [3.05, 3.63) is 54.0 Å². The lowest BCUT2D eigenvalue weighted by molar-refractivity contribution is -0.133. The van der Waals surface area contributed by atoms with Crippen LogP contribution in [-0.2, 0) is 4.79 Å². The molecule has 3 atom stereocenters. The highest BCUT2D eigenvalue weighted by Gasteiger charge is 2.49. The quantitative estimate of drug-likeness (QED) is 0.724. The molecule has 2 aromatic heterocycles. The third kappa shape index (κ3) is 3.13. The van der Waals surface area contributed by atoms with Gasteiger partial charge >= 0.3 is 0 Å². The molecule has 2 aliphatic rings. The van der Waals surface area contributed by atoms with E-state index in [1.807, 2.05) is 31.3 Å². The van der Waals surface area contributed by atoms with Gasteiger partial charge in [-0.3, -0.25) is 4.79 Å². The average Bonchev–Trinajstić information content (AvgIpc) is 3.41. The lowest BCUT2D eigenvalue weighted by Gasteiger charge is -2.32. The number of aromatic amines is 1. The number of aryl methyl sites for hydroxylation is 1. The number of likely N-dealkylation sites (N-methyl/N-ethyl adjacent to an activating group) is 1. The summed E-state index contributed by atoms with van der Waals surface area (Å²) in [5.74, 6) is 2.03. The normalized spacial score (nSPS) is 23.5. The smallest absolute Gasteiger partial charge is 0.237 e. The van der Waals surface area contributed by atoms with Gasteiger partial charge < -0.3 is 19.7 Å². The SMILES string of the molecule is Cc1ccccc1[C@H]1[C@@H]2CN(c3ncnc4[nH]ccc34)C[C@@H]2CN1C(=O)CN(C)C. The van der Waals surface area contributed by atoms with Gasteiger partial charge in [-0.15, -0.1) is 0 Å². The molecule has 1 N–H and O–H groups in total. The van der Waals surface area contributed by atoms with Crippen LogP contribution in [0.3, 0.4) is 0 Å². The Kier molecular flexibility index (Phi) is 4.70. The second-order valence-corrected chi connectivity index (χ2v) is 8.85. The molecule has 30 heavy (non-hydrogen) atoms. The predicted molar refractivity (Wildman–Crippen MR) is 117 cm³/mol. The molecule has 1 aromatic carbocycles. The van der Waals surface area contributed by atoms with Crippen molar-refractivity contribution in [2.24, 2.45) is 11.8 Å². The Hall–Kier alpha value is -2.93. The molecule has 7 nitrogen and oxygen atoms in total. The number of hydrogen-bond donors (Lipinski definition) is 1. The molecule has 7 heteroatoms. The maximum absolute atomic E-state index is 13.1.